The Morgan fingerprint density at radius 2 is 1.79 bits per heavy atom. The van der Waals surface area contributed by atoms with Crippen molar-refractivity contribution in [3.63, 3.8) is 0 Å². The molecular weight excluding hydrogens is 401 g/mol. The van der Waals surface area contributed by atoms with E-state index in [1.54, 1.807) is 36.4 Å². The molecule has 0 atom stereocenters. The summed E-state index contributed by atoms with van der Waals surface area (Å²) in [7, 11) is 0. The lowest BCUT2D eigenvalue weighted by atomic mass is 9.91. The topological polar surface area (TPSA) is 63.2 Å². The molecule has 6 nitrogen and oxygen atoms in total. The van der Waals surface area contributed by atoms with E-state index in [0.717, 1.165) is 24.8 Å². The molecular formula is C20H19Cl2N3O3. The van der Waals surface area contributed by atoms with Gasteiger partial charge >= 0.3 is 6.09 Å². The van der Waals surface area contributed by atoms with Gasteiger partial charge in [0.25, 0.3) is 0 Å². The third kappa shape index (κ3) is 3.75. The van der Waals surface area contributed by atoms with Crippen molar-refractivity contribution in [2.75, 3.05) is 5.32 Å². The van der Waals surface area contributed by atoms with Crippen molar-refractivity contribution in [2.45, 2.75) is 37.8 Å². The number of carbonyl (C=O) groups is 1. The highest BCUT2D eigenvalue weighted by Crippen LogP contribution is 2.40. The first-order valence-corrected chi connectivity index (χ1v) is 9.89. The number of hydrogen-bond donors (Lipinski definition) is 1. The van der Waals surface area contributed by atoms with Crippen LogP contribution in [-0.4, -0.2) is 22.7 Å². The highest BCUT2D eigenvalue weighted by molar-refractivity contribution is 6.33. The molecule has 0 aromatic heterocycles. The summed E-state index contributed by atoms with van der Waals surface area (Å²) in [6.45, 7) is 0. The minimum Gasteiger partial charge on any atom is -0.362 e. The van der Waals surface area contributed by atoms with Crippen molar-refractivity contribution in [1.82, 2.24) is 5.06 Å². The largest absolute Gasteiger partial charge is 0.436 e. The van der Waals surface area contributed by atoms with Crippen molar-refractivity contribution < 1.29 is 14.5 Å². The number of hydrogen-bond acceptors (Lipinski definition) is 5. The molecule has 0 unspecified atom stereocenters. The van der Waals surface area contributed by atoms with Crippen molar-refractivity contribution >= 4 is 40.8 Å². The maximum atomic E-state index is 12.6. The molecule has 1 N–H and O–H groups in total. The van der Waals surface area contributed by atoms with E-state index in [9.17, 15) is 4.79 Å². The number of rotatable bonds is 3. The highest BCUT2D eigenvalue weighted by Gasteiger charge is 2.50. The standard InChI is InChI=1S/C20H19Cl2N3O3/c21-15-10-8-14(9-11-15)18-24-28-20(12-4-1-5-13-20)25(18)27-19(26)23-17-7-3-2-6-16(17)22/h2-3,6-11H,1,4-5,12-13H2,(H,23,26). The normalized spacial score (nSPS) is 17.8. The van der Waals surface area contributed by atoms with Crippen molar-refractivity contribution in [1.29, 1.82) is 0 Å². The van der Waals surface area contributed by atoms with E-state index in [4.69, 9.17) is 32.9 Å². The Kier molecular flexibility index (Phi) is 5.33. The van der Waals surface area contributed by atoms with Gasteiger partial charge in [0.1, 0.15) is 0 Å². The molecule has 1 amide bonds. The summed E-state index contributed by atoms with van der Waals surface area (Å²) < 4.78 is 0. The van der Waals surface area contributed by atoms with Crippen molar-refractivity contribution in [3.8, 4) is 0 Å². The Bertz CT molecular complexity index is 896. The molecule has 2 aromatic carbocycles. The summed E-state index contributed by atoms with van der Waals surface area (Å²) in [6.07, 6.45) is 3.82. The Hall–Kier alpha value is -2.44. The lowest BCUT2D eigenvalue weighted by molar-refractivity contribution is -0.224. The molecule has 1 aliphatic carbocycles. The first-order valence-electron chi connectivity index (χ1n) is 9.13. The number of amidine groups is 1. The molecule has 1 heterocycles. The quantitative estimate of drug-likeness (QED) is 0.681. The van der Waals surface area contributed by atoms with E-state index in [1.165, 1.54) is 5.06 Å². The van der Waals surface area contributed by atoms with Gasteiger partial charge < -0.3 is 9.68 Å². The van der Waals surface area contributed by atoms with Gasteiger partial charge in [-0.25, -0.2) is 4.79 Å². The number of para-hydroxylation sites is 1. The number of nitrogens with zero attached hydrogens (tertiary/aromatic N) is 2. The molecule has 146 valence electrons. The molecule has 1 aliphatic heterocycles. The van der Waals surface area contributed by atoms with Crippen LogP contribution in [0.4, 0.5) is 10.5 Å². The number of halogens is 2. The SMILES string of the molecule is O=C(Nc1ccccc1Cl)ON1C(c2ccc(Cl)cc2)=NOC12CCCCC2. The molecule has 0 radical (unpaired) electrons. The number of anilines is 1. The van der Waals surface area contributed by atoms with Crippen LogP contribution in [0, 0.1) is 0 Å². The van der Waals surface area contributed by atoms with Gasteiger partial charge in [0.2, 0.25) is 11.6 Å². The second kappa shape index (κ2) is 7.89. The van der Waals surface area contributed by atoms with E-state index in [-0.39, 0.29) is 0 Å². The summed E-state index contributed by atoms with van der Waals surface area (Å²) in [5, 5.41) is 9.44. The summed E-state index contributed by atoms with van der Waals surface area (Å²) in [6, 6.07) is 14.1. The smallest absolute Gasteiger partial charge is 0.362 e. The van der Waals surface area contributed by atoms with Crippen molar-refractivity contribution in [3.05, 3.63) is 64.1 Å². The third-order valence-corrected chi connectivity index (χ3v) is 5.47. The molecule has 4 rings (SSSR count). The summed E-state index contributed by atoms with van der Waals surface area (Å²) >= 11 is 12.1. The Morgan fingerprint density at radius 1 is 1.07 bits per heavy atom. The fourth-order valence-electron chi connectivity index (χ4n) is 3.47. The zero-order valence-electron chi connectivity index (χ0n) is 15.0. The minimum atomic E-state index is -0.787. The molecule has 1 spiro atoms. The monoisotopic (exact) mass is 419 g/mol. The van der Waals surface area contributed by atoms with E-state index in [0.29, 0.717) is 34.4 Å². The third-order valence-electron chi connectivity index (χ3n) is 4.89. The molecule has 8 heteroatoms. The number of hydroxylamine groups is 2. The molecule has 0 saturated heterocycles. The Morgan fingerprint density at radius 3 is 2.50 bits per heavy atom. The summed E-state index contributed by atoms with van der Waals surface area (Å²) in [4.78, 5) is 24.1. The summed E-state index contributed by atoms with van der Waals surface area (Å²) in [5.74, 6) is 0.438. The number of nitrogens with one attached hydrogen (secondary N) is 1. The van der Waals surface area contributed by atoms with Gasteiger partial charge in [0.05, 0.1) is 10.7 Å². The van der Waals surface area contributed by atoms with Crippen LogP contribution in [0.5, 0.6) is 0 Å². The van der Waals surface area contributed by atoms with E-state index < -0.39 is 11.8 Å². The Balaban J connectivity index is 1.58. The second-order valence-electron chi connectivity index (χ2n) is 6.80. The first kappa shape index (κ1) is 18.9. The lowest BCUT2D eigenvalue weighted by Crippen LogP contribution is -2.51. The summed E-state index contributed by atoms with van der Waals surface area (Å²) in [5.41, 5.74) is 0.430. The number of carbonyl (C=O) groups excluding carboxylic acids is 1. The average Bonchev–Trinajstić information content (AvgIpc) is 3.02. The van der Waals surface area contributed by atoms with Crippen LogP contribution < -0.4 is 5.32 Å². The zero-order valence-corrected chi connectivity index (χ0v) is 16.5. The molecule has 2 aliphatic rings. The lowest BCUT2D eigenvalue weighted by Gasteiger charge is -2.37. The predicted molar refractivity (Wildman–Crippen MR) is 108 cm³/mol. The predicted octanol–water partition coefficient (Wildman–Crippen LogP) is 5.81. The molecule has 1 fully saturated rings. The van der Waals surface area contributed by atoms with Crippen LogP contribution in [0.3, 0.4) is 0 Å². The minimum absolute atomic E-state index is 0.427. The molecule has 0 bridgehead atoms. The molecule has 1 saturated carbocycles. The van der Waals surface area contributed by atoms with E-state index in [2.05, 4.69) is 10.5 Å². The maximum Gasteiger partial charge on any atom is 0.436 e. The van der Waals surface area contributed by atoms with Gasteiger partial charge in [-0.15, -0.1) is 5.06 Å². The zero-order chi connectivity index (χ0) is 19.6. The van der Waals surface area contributed by atoms with Gasteiger partial charge in [-0.3, -0.25) is 5.32 Å². The van der Waals surface area contributed by atoms with E-state index >= 15 is 0 Å². The maximum absolute atomic E-state index is 12.6. The van der Waals surface area contributed by atoms with Crippen LogP contribution in [0.25, 0.3) is 0 Å². The fourth-order valence-corrected chi connectivity index (χ4v) is 3.78. The van der Waals surface area contributed by atoms with Gasteiger partial charge in [-0.1, -0.05) is 46.9 Å². The second-order valence-corrected chi connectivity index (χ2v) is 7.64. The highest BCUT2D eigenvalue weighted by atomic mass is 35.5. The van der Waals surface area contributed by atoms with Crippen LogP contribution >= 0.6 is 23.2 Å². The van der Waals surface area contributed by atoms with Gasteiger partial charge in [-0.05, 0) is 49.2 Å². The average molecular weight is 420 g/mol. The number of oxime groups is 1. The molecule has 2 aromatic rings. The Labute approximate surface area is 173 Å². The van der Waals surface area contributed by atoms with Crippen molar-refractivity contribution in [2.24, 2.45) is 5.16 Å². The first-order chi connectivity index (χ1) is 13.6. The fraction of sp³-hybridized carbons (Fsp3) is 0.300. The van der Waals surface area contributed by atoms with E-state index in [1.807, 2.05) is 12.1 Å². The number of benzene rings is 2. The van der Waals surface area contributed by atoms with Gasteiger partial charge in [0, 0.05) is 23.4 Å². The molecule has 28 heavy (non-hydrogen) atoms. The van der Waals surface area contributed by atoms with Crippen LogP contribution in [-0.2, 0) is 9.68 Å². The van der Waals surface area contributed by atoms with Gasteiger partial charge in [0.15, 0.2) is 0 Å². The van der Waals surface area contributed by atoms with Gasteiger partial charge in [-0.2, -0.15) is 0 Å². The van der Waals surface area contributed by atoms with Crippen LogP contribution in [0.15, 0.2) is 53.7 Å². The van der Waals surface area contributed by atoms with Crippen LogP contribution in [0.1, 0.15) is 37.7 Å². The number of amides is 1. The van der Waals surface area contributed by atoms with Crippen LogP contribution in [0.2, 0.25) is 10.0 Å².